The number of anilines is 1. The van der Waals surface area contributed by atoms with Gasteiger partial charge in [-0.2, -0.15) is 0 Å². The van der Waals surface area contributed by atoms with Gasteiger partial charge in [0.2, 0.25) is 0 Å². The maximum Gasteiger partial charge on any atom is 0.0435 e. The van der Waals surface area contributed by atoms with Crippen molar-refractivity contribution in [3.63, 3.8) is 0 Å². The third-order valence-electron chi connectivity index (χ3n) is 6.10. The van der Waals surface area contributed by atoms with E-state index in [1.54, 1.807) is 0 Å². The standard InChI is InChI=1S/C30H35N/c1-5-8-15-22(4)29-27(25(6-2)23-16-11-9-12-17-23)20-21-28(30(29)31)26(7-3)24-18-13-10-14-19-24/h6-7,9-14,16-22H,5,8,15,31H2,1-4H3/b25-6-,26-7-. The van der Waals surface area contributed by atoms with Crippen molar-refractivity contribution in [2.45, 2.75) is 52.9 Å². The van der Waals surface area contributed by atoms with Crippen LogP contribution in [-0.2, 0) is 0 Å². The van der Waals surface area contributed by atoms with Crippen LogP contribution < -0.4 is 5.73 Å². The maximum atomic E-state index is 6.97. The molecule has 1 atom stereocenters. The number of rotatable bonds is 8. The highest BCUT2D eigenvalue weighted by Crippen LogP contribution is 2.40. The predicted octanol–water partition coefficient (Wildman–Crippen LogP) is 8.47. The van der Waals surface area contributed by atoms with Crippen LogP contribution in [0.3, 0.4) is 0 Å². The Balaban J connectivity index is 2.20. The summed E-state index contributed by atoms with van der Waals surface area (Å²) in [5.74, 6) is 0.391. The molecule has 0 heterocycles. The number of unbranched alkanes of at least 4 members (excludes halogenated alkanes) is 1. The van der Waals surface area contributed by atoms with Gasteiger partial charge in [-0.3, -0.25) is 0 Å². The number of allylic oxidation sites excluding steroid dienone is 2. The number of nitrogen functional groups attached to an aromatic ring is 1. The predicted molar refractivity (Wildman–Crippen MR) is 137 cm³/mol. The minimum Gasteiger partial charge on any atom is -0.398 e. The van der Waals surface area contributed by atoms with E-state index < -0.39 is 0 Å². The lowest BCUT2D eigenvalue weighted by molar-refractivity contribution is 0.624. The van der Waals surface area contributed by atoms with Crippen molar-refractivity contribution in [2.75, 3.05) is 5.73 Å². The van der Waals surface area contributed by atoms with Crippen LogP contribution in [0.5, 0.6) is 0 Å². The molecule has 0 saturated carbocycles. The van der Waals surface area contributed by atoms with Gasteiger partial charge in [0, 0.05) is 11.3 Å². The molecule has 3 rings (SSSR count). The second kappa shape index (κ2) is 10.8. The molecule has 1 heteroatoms. The highest BCUT2D eigenvalue weighted by atomic mass is 14.6. The van der Waals surface area contributed by atoms with E-state index in [2.05, 4.69) is 113 Å². The molecule has 0 aromatic heterocycles. The summed E-state index contributed by atoms with van der Waals surface area (Å²) in [6.45, 7) is 8.79. The zero-order valence-corrected chi connectivity index (χ0v) is 19.4. The van der Waals surface area contributed by atoms with Crippen LogP contribution in [-0.4, -0.2) is 0 Å². The van der Waals surface area contributed by atoms with Crippen molar-refractivity contribution < 1.29 is 0 Å². The normalized spacial score (nSPS) is 13.3. The molecule has 0 aliphatic carbocycles. The van der Waals surface area contributed by atoms with E-state index in [0.29, 0.717) is 5.92 Å². The van der Waals surface area contributed by atoms with Crippen LogP contribution in [0.25, 0.3) is 11.1 Å². The van der Waals surface area contributed by atoms with Crippen molar-refractivity contribution in [3.05, 3.63) is 113 Å². The highest BCUT2D eigenvalue weighted by Gasteiger charge is 2.21. The summed E-state index contributed by atoms with van der Waals surface area (Å²) in [6, 6.07) is 25.7. The van der Waals surface area contributed by atoms with Crippen LogP contribution in [0.15, 0.2) is 84.9 Å². The Morgan fingerprint density at radius 3 is 1.74 bits per heavy atom. The average Bonchev–Trinajstić information content (AvgIpc) is 2.81. The quantitative estimate of drug-likeness (QED) is 0.371. The number of benzene rings is 3. The van der Waals surface area contributed by atoms with Crippen LogP contribution in [0.2, 0.25) is 0 Å². The zero-order chi connectivity index (χ0) is 22.2. The molecule has 0 amide bonds. The van der Waals surface area contributed by atoms with Gasteiger partial charge in [0.05, 0.1) is 0 Å². The lowest BCUT2D eigenvalue weighted by atomic mass is 9.82. The van der Waals surface area contributed by atoms with E-state index in [9.17, 15) is 0 Å². The van der Waals surface area contributed by atoms with Gasteiger partial charge in [-0.15, -0.1) is 0 Å². The first-order valence-corrected chi connectivity index (χ1v) is 11.5. The summed E-state index contributed by atoms with van der Waals surface area (Å²) < 4.78 is 0. The summed E-state index contributed by atoms with van der Waals surface area (Å²) in [4.78, 5) is 0. The lowest BCUT2D eigenvalue weighted by Gasteiger charge is -2.24. The SMILES string of the molecule is C/C=C(/c1ccccc1)c1ccc(/C(=C\C)c2ccccc2)c(C(C)CCCC)c1N. The van der Waals surface area contributed by atoms with Crippen molar-refractivity contribution in [1.82, 2.24) is 0 Å². The minimum atomic E-state index is 0.391. The van der Waals surface area contributed by atoms with Crippen LogP contribution in [0, 0.1) is 0 Å². The van der Waals surface area contributed by atoms with Gasteiger partial charge in [-0.05, 0) is 59.6 Å². The van der Waals surface area contributed by atoms with E-state index in [0.717, 1.165) is 17.7 Å². The molecule has 2 N–H and O–H groups in total. The first kappa shape index (κ1) is 22.6. The monoisotopic (exact) mass is 409 g/mol. The smallest absolute Gasteiger partial charge is 0.0435 e. The molecule has 0 spiro atoms. The van der Waals surface area contributed by atoms with Gasteiger partial charge < -0.3 is 5.73 Å². The fraction of sp³-hybridized carbons (Fsp3) is 0.267. The van der Waals surface area contributed by atoms with E-state index in [1.165, 1.54) is 46.2 Å². The Bertz CT molecular complexity index is 1040. The Labute approximate surface area is 188 Å². The van der Waals surface area contributed by atoms with E-state index in [4.69, 9.17) is 5.73 Å². The summed E-state index contributed by atoms with van der Waals surface area (Å²) in [7, 11) is 0. The Morgan fingerprint density at radius 2 is 1.26 bits per heavy atom. The Hall–Kier alpha value is -3.06. The first-order chi connectivity index (χ1) is 15.1. The van der Waals surface area contributed by atoms with E-state index in [-0.39, 0.29) is 0 Å². The Morgan fingerprint density at radius 1 is 0.774 bits per heavy atom. The number of nitrogens with two attached hydrogens (primary N) is 1. The van der Waals surface area contributed by atoms with Gasteiger partial charge in [-0.1, -0.05) is 112 Å². The largest absolute Gasteiger partial charge is 0.398 e. The van der Waals surface area contributed by atoms with Crippen molar-refractivity contribution >= 4 is 16.8 Å². The molecule has 0 saturated heterocycles. The number of hydrogen-bond acceptors (Lipinski definition) is 1. The van der Waals surface area contributed by atoms with Crippen LogP contribution in [0.4, 0.5) is 5.69 Å². The van der Waals surface area contributed by atoms with Crippen molar-refractivity contribution in [1.29, 1.82) is 0 Å². The molecule has 0 radical (unpaired) electrons. The van der Waals surface area contributed by atoms with Crippen molar-refractivity contribution in [2.24, 2.45) is 0 Å². The topological polar surface area (TPSA) is 26.0 Å². The second-order valence-electron chi connectivity index (χ2n) is 8.17. The molecule has 3 aromatic carbocycles. The second-order valence-corrected chi connectivity index (χ2v) is 8.17. The summed E-state index contributed by atoms with van der Waals surface area (Å²) in [6.07, 6.45) is 7.93. The highest BCUT2D eigenvalue weighted by molar-refractivity contribution is 5.91. The molecule has 31 heavy (non-hydrogen) atoms. The van der Waals surface area contributed by atoms with Gasteiger partial charge in [0.25, 0.3) is 0 Å². The lowest BCUT2D eigenvalue weighted by Crippen LogP contribution is -2.08. The van der Waals surface area contributed by atoms with E-state index >= 15 is 0 Å². The summed E-state index contributed by atoms with van der Waals surface area (Å²) in [5.41, 5.74) is 16.4. The third-order valence-corrected chi connectivity index (χ3v) is 6.10. The van der Waals surface area contributed by atoms with Gasteiger partial charge in [0.15, 0.2) is 0 Å². The van der Waals surface area contributed by atoms with Gasteiger partial charge in [0.1, 0.15) is 0 Å². The van der Waals surface area contributed by atoms with Crippen LogP contribution in [0.1, 0.15) is 80.7 Å². The molecule has 1 unspecified atom stereocenters. The molecular formula is C30H35N. The minimum absolute atomic E-state index is 0.391. The average molecular weight is 410 g/mol. The molecule has 0 aliphatic rings. The first-order valence-electron chi connectivity index (χ1n) is 11.5. The maximum absolute atomic E-state index is 6.97. The summed E-state index contributed by atoms with van der Waals surface area (Å²) in [5, 5.41) is 0. The third kappa shape index (κ3) is 4.99. The van der Waals surface area contributed by atoms with Crippen LogP contribution >= 0.6 is 0 Å². The molecule has 3 aromatic rings. The molecular weight excluding hydrogens is 374 g/mol. The Kier molecular flexibility index (Phi) is 7.89. The molecule has 160 valence electrons. The summed E-state index contributed by atoms with van der Waals surface area (Å²) >= 11 is 0. The molecule has 0 bridgehead atoms. The van der Waals surface area contributed by atoms with E-state index in [1.807, 2.05) is 0 Å². The molecule has 0 fully saturated rings. The van der Waals surface area contributed by atoms with Gasteiger partial charge in [-0.25, -0.2) is 0 Å². The molecule has 0 aliphatic heterocycles. The number of hydrogen-bond donors (Lipinski definition) is 1. The fourth-order valence-corrected chi connectivity index (χ4v) is 4.48. The fourth-order valence-electron chi connectivity index (χ4n) is 4.48. The van der Waals surface area contributed by atoms with Crippen molar-refractivity contribution in [3.8, 4) is 0 Å². The zero-order valence-electron chi connectivity index (χ0n) is 19.4. The van der Waals surface area contributed by atoms with Gasteiger partial charge >= 0.3 is 0 Å². The molecule has 1 nitrogen and oxygen atoms in total.